The average Bonchev–Trinajstić information content (AvgIpc) is 2.78. The van der Waals surface area contributed by atoms with Crippen molar-refractivity contribution < 1.29 is 14.3 Å². The molecule has 1 amide bonds. The molecule has 31 heavy (non-hydrogen) atoms. The number of rotatable bonds is 7. The zero-order valence-corrected chi connectivity index (χ0v) is 18.1. The average molecular weight is 458 g/mol. The number of ether oxygens (including phenoxy) is 2. The zero-order valence-electron chi connectivity index (χ0n) is 16.5. The van der Waals surface area contributed by atoms with Gasteiger partial charge in [0, 0.05) is 11.6 Å². The summed E-state index contributed by atoms with van der Waals surface area (Å²) in [4.78, 5) is 29.8. The standard InChI is InChI=1S/C22H20ClN3O4S/c1-2-9-26-21(28)16-10-14(23)7-8-17(16)25-22(26)31-13-20(27)24-11-15-12-29-18-5-3-4-6-19(18)30-15/h2-8,10,15H,1,9,11-13H2,(H,24,27)/t15-/m1/s1. The van der Waals surface area contributed by atoms with Crippen LogP contribution in [0.5, 0.6) is 11.5 Å². The molecule has 7 nitrogen and oxygen atoms in total. The van der Waals surface area contributed by atoms with Crippen LogP contribution in [0.1, 0.15) is 0 Å². The predicted octanol–water partition coefficient (Wildman–Crippen LogP) is 3.28. The molecule has 9 heteroatoms. The summed E-state index contributed by atoms with van der Waals surface area (Å²) in [5.74, 6) is 1.27. The fraction of sp³-hybridized carbons (Fsp3) is 0.227. The van der Waals surface area contributed by atoms with Crippen LogP contribution in [0.2, 0.25) is 5.02 Å². The van der Waals surface area contributed by atoms with Crippen LogP contribution in [0.15, 0.2) is 65.1 Å². The zero-order chi connectivity index (χ0) is 21.8. The number of nitrogens with zero attached hydrogens (tertiary/aromatic N) is 2. The van der Waals surface area contributed by atoms with E-state index in [-0.39, 0.29) is 29.9 Å². The molecule has 0 bridgehead atoms. The highest BCUT2D eigenvalue weighted by Crippen LogP contribution is 2.30. The first kappa shape index (κ1) is 21.3. The SMILES string of the molecule is C=CCn1c(SCC(=O)NC[C@@H]2COc3ccccc3O2)nc2ccc(Cl)cc2c1=O. The monoisotopic (exact) mass is 457 g/mol. The number of aromatic nitrogens is 2. The minimum atomic E-state index is -0.272. The minimum absolute atomic E-state index is 0.104. The normalized spacial score (nSPS) is 14.9. The number of hydrogen-bond donors (Lipinski definition) is 1. The van der Waals surface area contributed by atoms with Crippen molar-refractivity contribution in [2.45, 2.75) is 17.8 Å². The van der Waals surface area contributed by atoms with E-state index in [2.05, 4.69) is 16.9 Å². The Balaban J connectivity index is 1.40. The predicted molar refractivity (Wildman–Crippen MR) is 121 cm³/mol. The van der Waals surface area contributed by atoms with Crippen molar-refractivity contribution in [3.05, 3.63) is 70.5 Å². The molecular weight excluding hydrogens is 438 g/mol. The third-order valence-electron chi connectivity index (χ3n) is 4.62. The van der Waals surface area contributed by atoms with E-state index in [1.54, 1.807) is 24.3 Å². The van der Waals surface area contributed by atoms with E-state index in [4.69, 9.17) is 21.1 Å². The molecule has 0 aliphatic carbocycles. The Morgan fingerprint density at radius 2 is 2.13 bits per heavy atom. The van der Waals surface area contributed by atoms with Gasteiger partial charge in [0.25, 0.3) is 5.56 Å². The molecule has 0 saturated heterocycles. The number of nitrogens with one attached hydrogen (secondary N) is 1. The van der Waals surface area contributed by atoms with E-state index in [0.717, 1.165) is 0 Å². The number of fused-ring (bicyclic) bond motifs is 2. The summed E-state index contributed by atoms with van der Waals surface area (Å²) in [5.41, 5.74) is 0.311. The van der Waals surface area contributed by atoms with E-state index in [0.29, 0.717) is 45.7 Å². The molecule has 1 aliphatic rings. The Bertz CT molecular complexity index is 1200. The summed E-state index contributed by atoms with van der Waals surface area (Å²) >= 11 is 7.21. The topological polar surface area (TPSA) is 82.5 Å². The summed E-state index contributed by atoms with van der Waals surface area (Å²) in [6, 6.07) is 12.4. The Morgan fingerprint density at radius 1 is 1.32 bits per heavy atom. The third-order valence-corrected chi connectivity index (χ3v) is 5.83. The van der Waals surface area contributed by atoms with Crippen LogP contribution in [-0.4, -0.2) is 40.5 Å². The lowest BCUT2D eigenvalue weighted by molar-refractivity contribution is -0.119. The van der Waals surface area contributed by atoms with Crippen LogP contribution in [0.25, 0.3) is 10.9 Å². The van der Waals surface area contributed by atoms with Gasteiger partial charge in [-0.05, 0) is 30.3 Å². The minimum Gasteiger partial charge on any atom is -0.486 e. The largest absolute Gasteiger partial charge is 0.486 e. The van der Waals surface area contributed by atoms with E-state index in [9.17, 15) is 9.59 Å². The molecule has 0 fully saturated rings. The summed E-state index contributed by atoms with van der Waals surface area (Å²) < 4.78 is 13.0. The van der Waals surface area contributed by atoms with E-state index in [1.807, 2.05) is 24.3 Å². The number of benzene rings is 2. The van der Waals surface area contributed by atoms with E-state index < -0.39 is 0 Å². The van der Waals surface area contributed by atoms with Gasteiger partial charge in [-0.2, -0.15) is 0 Å². The maximum Gasteiger partial charge on any atom is 0.262 e. The van der Waals surface area contributed by atoms with Crippen LogP contribution in [0.4, 0.5) is 0 Å². The van der Waals surface area contributed by atoms with E-state index >= 15 is 0 Å². The molecular formula is C22H20ClN3O4S. The van der Waals surface area contributed by atoms with Crippen LogP contribution >= 0.6 is 23.4 Å². The molecule has 0 spiro atoms. The number of allylic oxidation sites excluding steroid dienone is 1. The lowest BCUT2D eigenvalue weighted by atomic mass is 10.2. The summed E-state index contributed by atoms with van der Waals surface area (Å²) in [5, 5.41) is 4.19. The van der Waals surface area contributed by atoms with Crippen molar-refractivity contribution in [3.63, 3.8) is 0 Å². The second-order valence-corrected chi connectivity index (χ2v) is 8.23. The summed E-state index contributed by atoms with van der Waals surface area (Å²) in [7, 11) is 0. The number of carbonyl (C=O) groups excluding carboxylic acids is 1. The van der Waals surface area contributed by atoms with Gasteiger partial charge in [-0.25, -0.2) is 4.98 Å². The maximum atomic E-state index is 12.8. The molecule has 1 aromatic heterocycles. The van der Waals surface area contributed by atoms with Crippen molar-refractivity contribution in [1.82, 2.24) is 14.9 Å². The van der Waals surface area contributed by atoms with E-state index in [1.165, 1.54) is 16.3 Å². The van der Waals surface area contributed by atoms with Gasteiger partial charge < -0.3 is 14.8 Å². The first-order valence-corrected chi connectivity index (χ1v) is 11.0. The van der Waals surface area contributed by atoms with Gasteiger partial charge in [0.15, 0.2) is 16.7 Å². The van der Waals surface area contributed by atoms with Gasteiger partial charge >= 0.3 is 0 Å². The smallest absolute Gasteiger partial charge is 0.262 e. The van der Waals surface area contributed by atoms with Gasteiger partial charge in [-0.1, -0.05) is 41.6 Å². The second-order valence-electron chi connectivity index (χ2n) is 6.85. The van der Waals surface area contributed by atoms with Crippen LogP contribution in [0, 0.1) is 0 Å². The van der Waals surface area contributed by atoms with Crippen molar-refractivity contribution in [1.29, 1.82) is 0 Å². The highest BCUT2D eigenvalue weighted by Gasteiger charge is 2.21. The lowest BCUT2D eigenvalue weighted by Crippen LogP contribution is -2.41. The van der Waals surface area contributed by atoms with Crippen molar-refractivity contribution in [2.75, 3.05) is 18.9 Å². The van der Waals surface area contributed by atoms with Gasteiger partial charge in [-0.3, -0.25) is 14.2 Å². The van der Waals surface area contributed by atoms with Gasteiger partial charge in [0.05, 0.1) is 23.2 Å². The first-order valence-electron chi connectivity index (χ1n) is 9.64. The Labute approximate surface area is 188 Å². The first-order chi connectivity index (χ1) is 15.0. The molecule has 160 valence electrons. The molecule has 4 rings (SSSR count). The molecule has 0 unspecified atom stereocenters. The Hall–Kier alpha value is -2.97. The number of carbonyl (C=O) groups is 1. The van der Waals surface area contributed by atoms with Crippen LogP contribution in [-0.2, 0) is 11.3 Å². The summed E-state index contributed by atoms with van der Waals surface area (Å²) in [6.07, 6.45) is 1.34. The number of halogens is 1. The number of thioether (sulfide) groups is 1. The van der Waals surface area contributed by atoms with Gasteiger partial charge in [-0.15, -0.1) is 6.58 Å². The molecule has 1 atom stereocenters. The van der Waals surface area contributed by atoms with Crippen molar-refractivity contribution >= 4 is 40.2 Å². The molecule has 1 aliphatic heterocycles. The highest BCUT2D eigenvalue weighted by molar-refractivity contribution is 7.99. The second kappa shape index (κ2) is 9.45. The van der Waals surface area contributed by atoms with Crippen LogP contribution < -0.4 is 20.3 Å². The fourth-order valence-electron chi connectivity index (χ4n) is 3.15. The quantitative estimate of drug-likeness (QED) is 0.333. The summed E-state index contributed by atoms with van der Waals surface area (Å²) in [6.45, 7) is 4.66. The third kappa shape index (κ3) is 4.86. The maximum absolute atomic E-state index is 12.8. The Kier molecular flexibility index (Phi) is 6.48. The van der Waals surface area contributed by atoms with Crippen LogP contribution in [0.3, 0.4) is 0 Å². The number of amides is 1. The lowest BCUT2D eigenvalue weighted by Gasteiger charge is -2.26. The molecule has 2 aromatic carbocycles. The molecule has 0 saturated carbocycles. The van der Waals surface area contributed by atoms with Gasteiger partial charge in [0.2, 0.25) is 5.91 Å². The van der Waals surface area contributed by atoms with Crippen molar-refractivity contribution in [3.8, 4) is 11.5 Å². The molecule has 2 heterocycles. The van der Waals surface area contributed by atoms with Gasteiger partial charge in [0.1, 0.15) is 12.7 Å². The fourth-order valence-corrected chi connectivity index (χ4v) is 4.16. The molecule has 1 N–H and O–H groups in total. The highest BCUT2D eigenvalue weighted by atomic mass is 35.5. The Morgan fingerprint density at radius 3 is 2.94 bits per heavy atom. The molecule has 3 aromatic rings. The number of hydrogen-bond acceptors (Lipinski definition) is 6. The van der Waals surface area contributed by atoms with Crippen molar-refractivity contribution in [2.24, 2.45) is 0 Å². The number of para-hydroxylation sites is 2. The molecule has 0 radical (unpaired) electrons.